The van der Waals surface area contributed by atoms with Crippen molar-refractivity contribution in [1.29, 1.82) is 0 Å². The van der Waals surface area contributed by atoms with Gasteiger partial charge < -0.3 is 17.7 Å². The van der Waals surface area contributed by atoms with E-state index in [2.05, 4.69) is 0 Å². The summed E-state index contributed by atoms with van der Waals surface area (Å²) in [5.41, 5.74) is -0.0914. The predicted octanol–water partition coefficient (Wildman–Crippen LogP) is 2.98. The molecule has 0 heterocycles. The van der Waals surface area contributed by atoms with Crippen LogP contribution >= 0.6 is 0 Å². The number of ether oxygens (including phenoxy) is 1. The Hall–Kier alpha value is -2.24. The molecule has 104 valence electrons. The van der Waals surface area contributed by atoms with Gasteiger partial charge in [0.05, 0.1) is 7.11 Å². The average molecular weight is 279 g/mol. The first-order chi connectivity index (χ1) is 9.41. The summed E-state index contributed by atoms with van der Waals surface area (Å²) in [6, 6.07) is 10.6. The second-order valence-electron chi connectivity index (χ2n) is 4.25. The lowest BCUT2D eigenvalue weighted by molar-refractivity contribution is 0.103. The first kappa shape index (κ1) is 14.2. The molecular weight excluding hydrogens is 268 g/mol. The lowest BCUT2D eigenvalue weighted by Gasteiger charge is -2.14. The summed E-state index contributed by atoms with van der Waals surface area (Å²) in [6.07, 6.45) is 0. The Kier molecular flexibility index (Phi) is 3.83. The Bertz CT molecular complexity index is 604. The van der Waals surface area contributed by atoms with Gasteiger partial charge >= 0.3 is 6.98 Å². The number of benzene rings is 2. The summed E-state index contributed by atoms with van der Waals surface area (Å²) in [6.45, 7) is -5.04. The third-order valence-corrected chi connectivity index (χ3v) is 2.90. The number of rotatable bonds is 4. The van der Waals surface area contributed by atoms with E-state index in [1.165, 1.54) is 19.2 Å². The summed E-state index contributed by atoms with van der Waals surface area (Å²) < 4.78 is 42.4. The highest BCUT2D eigenvalue weighted by atomic mass is 19.4. The quantitative estimate of drug-likeness (QED) is 0.635. The molecule has 0 aliphatic rings. The zero-order chi connectivity index (χ0) is 14.8. The van der Waals surface area contributed by atoms with Gasteiger partial charge in [0, 0.05) is 11.1 Å². The topological polar surface area (TPSA) is 26.3 Å². The number of halogens is 3. The van der Waals surface area contributed by atoms with Crippen molar-refractivity contribution in [1.82, 2.24) is 0 Å². The molecule has 0 fully saturated rings. The molecule has 0 atom stereocenters. The van der Waals surface area contributed by atoms with Gasteiger partial charge in [-0.15, -0.1) is 5.46 Å². The zero-order valence-electron chi connectivity index (χ0n) is 10.6. The molecule has 0 unspecified atom stereocenters. The number of ketones is 1. The highest BCUT2D eigenvalue weighted by Crippen LogP contribution is 2.16. The number of methoxy groups -OCH3 is 1. The molecule has 6 heteroatoms. The number of carbonyl (C=O) groups excluding carboxylic acids is 1. The second-order valence-corrected chi connectivity index (χ2v) is 4.25. The molecule has 0 radical (unpaired) electrons. The normalized spacial score (nSPS) is 11.2. The van der Waals surface area contributed by atoms with Crippen molar-refractivity contribution in [3.05, 3.63) is 59.7 Å². The molecule has 0 aliphatic heterocycles. The number of hydrogen-bond acceptors (Lipinski definition) is 2. The van der Waals surface area contributed by atoms with Gasteiger partial charge in [-0.3, -0.25) is 4.79 Å². The molecule has 0 aromatic heterocycles. The minimum Gasteiger partial charge on any atom is -0.497 e. The van der Waals surface area contributed by atoms with E-state index in [4.69, 9.17) is 4.74 Å². The van der Waals surface area contributed by atoms with Crippen LogP contribution in [0.1, 0.15) is 15.9 Å². The molecule has 0 aliphatic carbocycles. The van der Waals surface area contributed by atoms with Crippen LogP contribution in [0.5, 0.6) is 5.75 Å². The predicted molar refractivity (Wildman–Crippen MR) is 71.6 cm³/mol. The fourth-order valence-corrected chi connectivity index (χ4v) is 1.76. The van der Waals surface area contributed by atoms with Crippen LogP contribution in [-0.4, -0.2) is 19.9 Å². The largest absolute Gasteiger partial charge is 0.509 e. The van der Waals surface area contributed by atoms with Gasteiger partial charge in [0.1, 0.15) is 5.75 Å². The maximum Gasteiger partial charge on any atom is 0.509 e. The maximum atomic E-state index is 12.5. The molecule has 20 heavy (non-hydrogen) atoms. The van der Waals surface area contributed by atoms with Gasteiger partial charge in [-0.05, 0) is 24.3 Å². The Morgan fingerprint density at radius 3 is 1.75 bits per heavy atom. The highest BCUT2D eigenvalue weighted by molar-refractivity contribution is 6.73. The minimum atomic E-state index is -5.04. The molecule has 2 rings (SSSR count). The highest BCUT2D eigenvalue weighted by Gasteiger charge is 2.25. The Balaban J connectivity index is 2.24. The Labute approximate surface area is 114 Å². The first-order valence-corrected chi connectivity index (χ1v) is 5.90. The van der Waals surface area contributed by atoms with Gasteiger partial charge in [-0.1, -0.05) is 24.3 Å². The summed E-state index contributed by atoms with van der Waals surface area (Å²) >= 11 is 0. The van der Waals surface area contributed by atoms with Crippen molar-refractivity contribution < 1.29 is 22.5 Å². The summed E-state index contributed by atoms with van der Waals surface area (Å²) in [5, 5.41) is 0. The van der Waals surface area contributed by atoms with Crippen LogP contribution < -0.4 is 10.2 Å². The third-order valence-electron chi connectivity index (χ3n) is 2.90. The van der Waals surface area contributed by atoms with Crippen molar-refractivity contribution in [2.24, 2.45) is 0 Å². The summed E-state index contributed by atoms with van der Waals surface area (Å²) in [7, 11) is 1.51. The van der Waals surface area contributed by atoms with E-state index in [0.717, 1.165) is 12.1 Å². The number of hydrogen-bond donors (Lipinski definition) is 0. The first-order valence-electron chi connectivity index (χ1n) is 5.90. The van der Waals surface area contributed by atoms with Crippen LogP contribution in [0.3, 0.4) is 0 Å². The minimum absolute atomic E-state index is 0.221. The van der Waals surface area contributed by atoms with E-state index in [1.807, 2.05) is 0 Å². The van der Waals surface area contributed by atoms with Crippen molar-refractivity contribution in [2.75, 3.05) is 7.11 Å². The monoisotopic (exact) mass is 279 g/mol. The molecule has 0 spiro atoms. The molecule has 0 N–H and O–H groups in total. The summed E-state index contributed by atoms with van der Waals surface area (Å²) in [5.74, 6) is 0.283. The fraction of sp³-hybridized carbons (Fsp3) is 0.0714. The van der Waals surface area contributed by atoms with Crippen LogP contribution in [0.4, 0.5) is 12.9 Å². The van der Waals surface area contributed by atoms with Gasteiger partial charge in [-0.2, -0.15) is 0 Å². The van der Waals surface area contributed by atoms with Crippen LogP contribution in [0.25, 0.3) is 0 Å². The van der Waals surface area contributed by atoms with Crippen molar-refractivity contribution in [3.63, 3.8) is 0 Å². The smallest absolute Gasteiger partial charge is 0.497 e. The van der Waals surface area contributed by atoms with E-state index in [9.17, 15) is 17.7 Å². The number of carbonyl (C=O) groups is 1. The van der Waals surface area contributed by atoms with E-state index < -0.39 is 12.4 Å². The Morgan fingerprint density at radius 2 is 1.35 bits per heavy atom. The van der Waals surface area contributed by atoms with Crippen molar-refractivity contribution in [2.45, 2.75) is 0 Å². The van der Waals surface area contributed by atoms with E-state index in [0.29, 0.717) is 11.3 Å². The van der Waals surface area contributed by atoms with E-state index >= 15 is 0 Å². The molecule has 0 saturated heterocycles. The van der Waals surface area contributed by atoms with Crippen molar-refractivity contribution in [3.8, 4) is 5.75 Å². The van der Waals surface area contributed by atoms with Crippen LogP contribution in [-0.2, 0) is 0 Å². The second kappa shape index (κ2) is 5.40. The molecule has 2 nitrogen and oxygen atoms in total. The van der Waals surface area contributed by atoms with Crippen LogP contribution in [0.15, 0.2) is 48.5 Å². The van der Waals surface area contributed by atoms with Gasteiger partial charge in [0.25, 0.3) is 0 Å². The molecule has 2 aromatic carbocycles. The van der Waals surface area contributed by atoms with E-state index in [-0.39, 0.29) is 11.3 Å². The van der Waals surface area contributed by atoms with Gasteiger partial charge in [0.2, 0.25) is 0 Å². The molecule has 0 bridgehead atoms. The average Bonchev–Trinajstić information content (AvgIpc) is 2.46. The zero-order valence-corrected chi connectivity index (χ0v) is 10.6. The summed E-state index contributed by atoms with van der Waals surface area (Å²) in [4.78, 5) is 12.1. The van der Waals surface area contributed by atoms with Gasteiger partial charge in [0.15, 0.2) is 5.78 Å². The molecule has 0 saturated carbocycles. The van der Waals surface area contributed by atoms with Crippen molar-refractivity contribution >= 4 is 18.2 Å². The standard InChI is InChI=1S/C14H11BF3O2/c1-20-13-8-4-11(5-9-13)14(19)10-2-6-12(7-3-10)15(16,17)18/h2-9H,1H3/q-1. The Morgan fingerprint density at radius 1 is 0.900 bits per heavy atom. The lowest BCUT2D eigenvalue weighted by Crippen LogP contribution is -2.33. The SMILES string of the molecule is COc1ccc(C(=O)c2ccc([B-](F)(F)F)cc2)cc1. The fourth-order valence-electron chi connectivity index (χ4n) is 1.76. The van der Waals surface area contributed by atoms with Gasteiger partial charge in [-0.25, -0.2) is 0 Å². The molecular formula is C14H11BF3O2-. The van der Waals surface area contributed by atoms with Crippen LogP contribution in [0, 0.1) is 0 Å². The van der Waals surface area contributed by atoms with Crippen LogP contribution in [0.2, 0.25) is 0 Å². The third kappa shape index (κ3) is 3.01. The molecule has 2 aromatic rings. The molecule has 0 amide bonds. The van der Waals surface area contributed by atoms with E-state index in [1.54, 1.807) is 24.3 Å². The lowest BCUT2D eigenvalue weighted by atomic mass is 9.79. The maximum absolute atomic E-state index is 12.5.